The number of pyridine rings is 1. The summed E-state index contributed by atoms with van der Waals surface area (Å²) in [6.07, 6.45) is 2.18. The number of benzene rings is 3. The van der Waals surface area contributed by atoms with Crippen LogP contribution in [0, 0.1) is 0 Å². The third-order valence-corrected chi connectivity index (χ3v) is 4.65. The van der Waals surface area contributed by atoms with E-state index in [1.807, 2.05) is 0 Å². The van der Waals surface area contributed by atoms with Gasteiger partial charge < -0.3 is 4.74 Å². The molecule has 0 saturated carbocycles. The molecule has 2 nitrogen and oxygen atoms in total. The van der Waals surface area contributed by atoms with Gasteiger partial charge in [-0.2, -0.15) is 4.57 Å². The monoisotopic (exact) mass is 298 g/mol. The van der Waals surface area contributed by atoms with Gasteiger partial charge in [-0.3, -0.25) is 0 Å². The van der Waals surface area contributed by atoms with Crippen LogP contribution in [0.4, 0.5) is 0 Å². The quantitative estimate of drug-likeness (QED) is 0.440. The molecule has 3 aromatic carbocycles. The van der Waals surface area contributed by atoms with E-state index in [0.717, 1.165) is 12.3 Å². The van der Waals surface area contributed by atoms with Gasteiger partial charge >= 0.3 is 0 Å². The molecule has 110 valence electrons. The Balaban J connectivity index is 2.01. The van der Waals surface area contributed by atoms with Gasteiger partial charge in [-0.25, -0.2) is 0 Å². The van der Waals surface area contributed by atoms with E-state index in [4.69, 9.17) is 4.74 Å². The summed E-state index contributed by atoms with van der Waals surface area (Å²) in [4.78, 5) is 0. The Bertz CT molecular complexity index is 967. The highest BCUT2D eigenvalue weighted by atomic mass is 16.5. The highest BCUT2D eigenvalue weighted by Gasteiger charge is 2.26. The molecule has 1 aliphatic heterocycles. The fraction of sp³-hybridized carbons (Fsp3) is 0.0952. The van der Waals surface area contributed by atoms with Crippen molar-refractivity contribution >= 4 is 21.5 Å². The Hall–Kier alpha value is -2.87. The van der Waals surface area contributed by atoms with Gasteiger partial charge in [0.05, 0.1) is 10.9 Å². The van der Waals surface area contributed by atoms with Crippen molar-refractivity contribution in [3.8, 4) is 17.0 Å². The van der Waals surface area contributed by atoms with Gasteiger partial charge in [0, 0.05) is 6.07 Å². The largest absolute Gasteiger partial charge is 0.486 e. The van der Waals surface area contributed by atoms with E-state index in [2.05, 4.69) is 77.5 Å². The number of hydrogen-bond acceptors (Lipinski definition) is 1. The second-order valence-corrected chi connectivity index (χ2v) is 5.95. The SMILES string of the molecule is c1ccc2c3c(ccc2c1)OCC[n+]1ccc2ccccc2c1-3. The Morgan fingerprint density at radius 1 is 0.739 bits per heavy atom. The minimum Gasteiger partial charge on any atom is -0.486 e. The first-order chi connectivity index (χ1) is 11.4. The van der Waals surface area contributed by atoms with Gasteiger partial charge in [0.2, 0.25) is 5.69 Å². The number of nitrogens with zero attached hydrogens (tertiary/aromatic N) is 1. The van der Waals surface area contributed by atoms with Crippen molar-refractivity contribution in [2.45, 2.75) is 6.54 Å². The molecule has 0 N–H and O–H groups in total. The van der Waals surface area contributed by atoms with Crippen LogP contribution in [0.2, 0.25) is 0 Å². The van der Waals surface area contributed by atoms with Crippen molar-refractivity contribution in [1.29, 1.82) is 0 Å². The molecule has 2 heteroatoms. The molecule has 0 radical (unpaired) electrons. The summed E-state index contributed by atoms with van der Waals surface area (Å²) in [6, 6.07) is 23.6. The molecular weight excluding hydrogens is 282 g/mol. The maximum atomic E-state index is 6.07. The first kappa shape index (κ1) is 12.7. The summed E-state index contributed by atoms with van der Waals surface area (Å²) < 4.78 is 8.39. The van der Waals surface area contributed by atoms with Gasteiger partial charge in [0.1, 0.15) is 12.4 Å². The van der Waals surface area contributed by atoms with E-state index in [1.165, 1.54) is 32.8 Å². The molecule has 0 bridgehead atoms. The molecule has 4 aromatic rings. The topological polar surface area (TPSA) is 13.1 Å². The maximum absolute atomic E-state index is 6.07. The van der Waals surface area contributed by atoms with Gasteiger partial charge in [-0.1, -0.05) is 48.5 Å². The van der Waals surface area contributed by atoms with Crippen molar-refractivity contribution in [3.05, 3.63) is 72.9 Å². The van der Waals surface area contributed by atoms with E-state index < -0.39 is 0 Å². The number of fused-ring (bicyclic) bond motifs is 7. The molecule has 23 heavy (non-hydrogen) atoms. The van der Waals surface area contributed by atoms with Gasteiger partial charge in [-0.05, 0) is 28.3 Å². The van der Waals surface area contributed by atoms with E-state index in [1.54, 1.807) is 0 Å². The standard InChI is InChI=1S/C21H16NO/c1-3-7-17-15(5-1)9-10-19-20(17)21-18-8-4-2-6-16(18)11-12-22(21)13-14-23-19/h1-12H,13-14H2/q+1. The lowest BCUT2D eigenvalue weighted by Gasteiger charge is -2.10. The van der Waals surface area contributed by atoms with Crippen LogP contribution in [0.25, 0.3) is 32.8 Å². The summed E-state index contributed by atoms with van der Waals surface area (Å²) in [7, 11) is 0. The van der Waals surface area contributed by atoms with Crippen molar-refractivity contribution in [2.75, 3.05) is 6.61 Å². The summed E-state index contributed by atoms with van der Waals surface area (Å²) >= 11 is 0. The van der Waals surface area contributed by atoms with Crippen molar-refractivity contribution in [2.24, 2.45) is 0 Å². The minimum absolute atomic E-state index is 0.696. The Labute approximate surface area is 134 Å². The molecular formula is C21H16NO+. The first-order valence-electron chi connectivity index (χ1n) is 7.98. The van der Waals surface area contributed by atoms with Crippen molar-refractivity contribution < 1.29 is 9.30 Å². The van der Waals surface area contributed by atoms with E-state index in [-0.39, 0.29) is 0 Å². The summed E-state index contributed by atoms with van der Waals surface area (Å²) in [5.41, 5.74) is 2.46. The molecule has 0 unspecified atom stereocenters. The van der Waals surface area contributed by atoms with Crippen LogP contribution in [0.5, 0.6) is 5.75 Å². The Kier molecular flexibility index (Phi) is 2.65. The summed E-state index contributed by atoms with van der Waals surface area (Å²) in [5.74, 6) is 0.978. The summed E-state index contributed by atoms with van der Waals surface area (Å²) in [6.45, 7) is 1.56. The second-order valence-electron chi connectivity index (χ2n) is 5.95. The van der Waals surface area contributed by atoms with E-state index in [0.29, 0.717) is 6.61 Å². The molecule has 0 fully saturated rings. The molecule has 0 aliphatic carbocycles. The zero-order valence-corrected chi connectivity index (χ0v) is 12.7. The minimum atomic E-state index is 0.696. The second kappa shape index (κ2) is 4.82. The van der Waals surface area contributed by atoms with Crippen LogP contribution in [0.1, 0.15) is 0 Å². The third-order valence-electron chi connectivity index (χ3n) is 4.65. The number of ether oxygens (including phenoxy) is 1. The zero-order chi connectivity index (χ0) is 15.2. The molecule has 0 spiro atoms. The van der Waals surface area contributed by atoms with Crippen molar-refractivity contribution in [1.82, 2.24) is 0 Å². The lowest BCUT2D eigenvalue weighted by Crippen LogP contribution is -2.37. The predicted octanol–water partition coefficient (Wildman–Crippen LogP) is 4.34. The molecule has 0 saturated heterocycles. The third kappa shape index (κ3) is 1.85. The molecule has 0 amide bonds. The Morgan fingerprint density at radius 3 is 2.35 bits per heavy atom. The molecule has 2 heterocycles. The predicted molar refractivity (Wildman–Crippen MR) is 92.6 cm³/mol. The number of rotatable bonds is 0. The molecule has 1 aliphatic rings. The average Bonchev–Trinajstić information content (AvgIpc) is 2.81. The maximum Gasteiger partial charge on any atom is 0.224 e. The first-order valence-corrected chi connectivity index (χ1v) is 7.98. The van der Waals surface area contributed by atoms with Gasteiger partial charge in [0.15, 0.2) is 12.7 Å². The smallest absolute Gasteiger partial charge is 0.224 e. The van der Waals surface area contributed by atoms with Crippen LogP contribution in [0.15, 0.2) is 72.9 Å². The van der Waals surface area contributed by atoms with Gasteiger partial charge in [0.25, 0.3) is 0 Å². The molecule has 0 atom stereocenters. The van der Waals surface area contributed by atoms with E-state index in [9.17, 15) is 0 Å². The normalized spacial score (nSPS) is 13.2. The lowest BCUT2D eigenvalue weighted by atomic mass is 9.97. The zero-order valence-electron chi connectivity index (χ0n) is 12.7. The van der Waals surface area contributed by atoms with E-state index >= 15 is 0 Å². The average molecular weight is 298 g/mol. The fourth-order valence-electron chi connectivity index (χ4n) is 3.59. The van der Waals surface area contributed by atoms with Gasteiger partial charge in [-0.15, -0.1) is 0 Å². The number of hydrogen-bond donors (Lipinski definition) is 0. The highest BCUT2D eigenvalue weighted by molar-refractivity contribution is 6.05. The Morgan fingerprint density at radius 2 is 1.48 bits per heavy atom. The van der Waals surface area contributed by atoms with Crippen LogP contribution in [-0.2, 0) is 6.54 Å². The molecule has 5 rings (SSSR count). The molecule has 1 aromatic heterocycles. The van der Waals surface area contributed by atoms with Crippen LogP contribution >= 0.6 is 0 Å². The highest BCUT2D eigenvalue weighted by Crippen LogP contribution is 2.39. The van der Waals surface area contributed by atoms with Crippen LogP contribution in [-0.4, -0.2) is 6.61 Å². The van der Waals surface area contributed by atoms with Crippen LogP contribution in [0.3, 0.4) is 0 Å². The fourth-order valence-corrected chi connectivity index (χ4v) is 3.59. The number of aromatic nitrogens is 1. The summed E-state index contributed by atoms with van der Waals surface area (Å²) in [5, 5.41) is 5.03. The van der Waals surface area contributed by atoms with Crippen LogP contribution < -0.4 is 9.30 Å². The lowest BCUT2D eigenvalue weighted by molar-refractivity contribution is -0.684. The van der Waals surface area contributed by atoms with Crippen molar-refractivity contribution in [3.63, 3.8) is 0 Å².